The van der Waals surface area contributed by atoms with E-state index in [0.29, 0.717) is 31.4 Å². The van der Waals surface area contributed by atoms with Gasteiger partial charge in [0, 0.05) is 32.0 Å². The Morgan fingerprint density at radius 1 is 1.30 bits per heavy atom. The van der Waals surface area contributed by atoms with Gasteiger partial charge in [0.1, 0.15) is 11.7 Å². The number of fused-ring (bicyclic) bond motifs is 1. The fourth-order valence-electron chi connectivity index (χ4n) is 2.91. The van der Waals surface area contributed by atoms with Gasteiger partial charge in [0.2, 0.25) is 0 Å². The number of likely N-dealkylation sites (tertiary alicyclic amines) is 1. The minimum Gasteiger partial charge on any atom is -0.493 e. The molecule has 8 nitrogen and oxygen atoms in total. The third-order valence-electron chi connectivity index (χ3n) is 4.20. The number of nitrogens with one attached hydrogen (secondary N) is 1. The van der Waals surface area contributed by atoms with Gasteiger partial charge in [-0.15, -0.1) is 0 Å². The lowest BCUT2D eigenvalue weighted by Gasteiger charge is -2.33. The van der Waals surface area contributed by atoms with Crippen molar-refractivity contribution in [1.82, 2.24) is 14.9 Å². The highest BCUT2D eigenvalue weighted by molar-refractivity contribution is 5.81. The number of carbonyl (C=O) groups is 1. The van der Waals surface area contributed by atoms with Crippen molar-refractivity contribution in [3.8, 4) is 11.5 Å². The number of rotatable bonds is 3. The summed E-state index contributed by atoms with van der Waals surface area (Å²) in [6.45, 7) is 6.30. The van der Waals surface area contributed by atoms with Crippen LogP contribution in [0, 0.1) is 0 Å². The lowest BCUT2D eigenvalue weighted by Crippen LogP contribution is -2.44. The van der Waals surface area contributed by atoms with Gasteiger partial charge < -0.3 is 24.1 Å². The smallest absolute Gasteiger partial charge is 0.410 e. The molecular formula is C19H25N3O5. The molecule has 1 aromatic heterocycles. The Labute approximate surface area is 161 Å². The molecule has 1 aliphatic rings. The number of nitrogens with zero attached hydrogens (tertiary/aromatic N) is 2. The standard InChI is InChI=1S/C19H25N3O5/c1-19(2,3)27-18(24)22-7-5-12(6-8-22)26-16-9-13-14(10-15(16)25-4)20-11-21-17(13)23/h9-12H,5-8H2,1-4H3,(H,20,21,23)/i4D3. The number of H-pyrrole nitrogens is 1. The van der Waals surface area contributed by atoms with Crippen molar-refractivity contribution in [3.05, 3.63) is 28.8 Å². The van der Waals surface area contributed by atoms with Crippen LogP contribution in [0.5, 0.6) is 11.5 Å². The molecule has 3 rings (SSSR count). The van der Waals surface area contributed by atoms with Crippen molar-refractivity contribution in [2.75, 3.05) is 20.1 Å². The van der Waals surface area contributed by atoms with E-state index in [2.05, 4.69) is 9.97 Å². The topological polar surface area (TPSA) is 93.7 Å². The molecule has 1 fully saturated rings. The highest BCUT2D eigenvalue weighted by atomic mass is 16.6. The van der Waals surface area contributed by atoms with Gasteiger partial charge in [-0.05, 0) is 26.8 Å². The van der Waals surface area contributed by atoms with Gasteiger partial charge >= 0.3 is 6.09 Å². The first-order valence-electron chi connectivity index (χ1n) is 10.3. The molecule has 8 heteroatoms. The van der Waals surface area contributed by atoms with Crippen LogP contribution in [0.15, 0.2) is 23.3 Å². The maximum atomic E-state index is 12.2. The van der Waals surface area contributed by atoms with Crippen molar-refractivity contribution in [2.24, 2.45) is 0 Å². The monoisotopic (exact) mass is 378 g/mol. The number of ether oxygens (including phenoxy) is 3. The fourth-order valence-corrected chi connectivity index (χ4v) is 2.91. The van der Waals surface area contributed by atoms with Crippen LogP contribution in [0.2, 0.25) is 0 Å². The van der Waals surface area contributed by atoms with Crippen LogP contribution in [0.3, 0.4) is 0 Å². The number of benzene rings is 1. The van der Waals surface area contributed by atoms with E-state index in [0.717, 1.165) is 0 Å². The Hall–Kier alpha value is -2.77. The summed E-state index contributed by atoms with van der Waals surface area (Å²) < 4.78 is 38.6. The molecule has 0 unspecified atom stereocenters. The minimum absolute atomic E-state index is 0.0184. The molecular weight excluding hydrogens is 350 g/mol. The number of aromatic nitrogens is 2. The van der Waals surface area contributed by atoms with Gasteiger partial charge in [-0.3, -0.25) is 4.79 Å². The van der Waals surface area contributed by atoms with Crippen LogP contribution >= 0.6 is 0 Å². The zero-order valence-electron chi connectivity index (χ0n) is 18.6. The predicted octanol–water partition coefficient (Wildman–Crippen LogP) is 2.71. The summed E-state index contributed by atoms with van der Waals surface area (Å²) in [4.78, 5) is 32.4. The van der Waals surface area contributed by atoms with E-state index in [1.807, 2.05) is 20.8 Å². The summed E-state index contributed by atoms with van der Waals surface area (Å²) in [5.41, 5.74) is -0.645. The molecule has 0 aliphatic carbocycles. The Bertz CT molecular complexity index is 976. The average Bonchev–Trinajstić information content (AvgIpc) is 2.61. The van der Waals surface area contributed by atoms with Gasteiger partial charge in [-0.1, -0.05) is 0 Å². The van der Waals surface area contributed by atoms with Gasteiger partial charge in [-0.2, -0.15) is 0 Å². The summed E-state index contributed by atoms with van der Waals surface area (Å²) in [7, 11) is -2.69. The van der Waals surface area contributed by atoms with E-state index >= 15 is 0 Å². The molecule has 1 N–H and O–H groups in total. The minimum atomic E-state index is -2.69. The number of methoxy groups -OCH3 is 1. The average molecular weight is 378 g/mol. The zero-order valence-corrected chi connectivity index (χ0v) is 15.6. The third kappa shape index (κ3) is 4.50. The molecule has 0 atom stereocenters. The van der Waals surface area contributed by atoms with Crippen molar-refractivity contribution in [1.29, 1.82) is 0 Å². The number of carbonyl (C=O) groups excluding carboxylic acids is 1. The van der Waals surface area contributed by atoms with Crippen molar-refractivity contribution in [3.63, 3.8) is 0 Å². The summed E-state index contributed by atoms with van der Waals surface area (Å²) in [6.07, 6.45) is 1.62. The second kappa shape index (κ2) is 7.46. The molecule has 1 aliphatic heterocycles. The number of hydrogen-bond acceptors (Lipinski definition) is 6. The molecule has 0 radical (unpaired) electrons. The van der Waals surface area contributed by atoms with Crippen molar-refractivity contribution >= 4 is 17.0 Å². The third-order valence-corrected chi connectivity index (χ3v) is 4.20. The highest BCUT2D eigenvalue weighted by Gasteiger charge is 2.28. The number of amides is 1. The Morgan fingerprint density at radius 3 is 2.70 bits per heavy atom. The van der Waals surface area contributed by atoms with Crippen LogP contribution < -0.4 is 15.0 Å². The molecule has 2 aromatic rings. The molecule has 1 amide bonds. The van der Waals surface area contributed by atoms with Crippen molar-refractivity contribution in [2.45, 2.75) is 45.3 Å². The fraction of sp³-hybridized carbons (Fsp3) is 0.526. The lowest BCUT2D eigenvalue weighted by atomic mass is 10.1. The van der Waals surface area contributed by atoms with Crippen LogP contribution in [-0.2, 0) is 4.74 Å². The Balaban J connectivity index is 1.77. The number of hydrogen-bond donors (Lipinski definition) is 1. The van der Waals surface area contributed by atoms with Gasteiger partial charge in [0.05, 0.1) is 28.4 Å². The van der Waals surface area contributed by atoms with Gasteiger partial charge in [0.15, 0.2) is 11.5 Å². The van der Waals surface area contributed by atoms with Gasteiger partial charge in [0.25, 0.3) is 5.56 Å². The second-order valence-electron chi connectivity index (χ2n) is 7.43. The largest absolute Gasteiger partial charge is 0.493 e. The van der Waals surface area contributed by atoms with Crippen LogP contribution in [0.4, 0.5) is 4.79 Å². The Morgan fingerprint density at radius 2 is 2.04 bits per heavy atom. The Kier molecular flexibility index (Phi) is 4.23. The van der Waals surface area contributed by atoms with Crippen LogP contribution in [0.25, 0.3) is 10.9 Å². The van der Waals surface area contributed by atoms with Crippen LogP contribution in [-0.4, -0.2) is 52.8 Å². The first-order valence-corrected chi connectivity index (χ1v) is 8.76. The SMILES string of the molecule is [2H]C([2H])([2H])Oc1cc2nc[nH]c(=O)c2cc1OC1CCN(C(=O)OC(C)(C)C)CC1. The molecule has 146 valence electrons. The van der Waals surface area contributed by atoms with Gasteiger partial charge in [-0.25, -0.2) is 9.78 Å². The molecule has 2 heterocycles. The van der Waals surface area contributed by atoms with E-state index in [4.69, 9.17) is 18.3 Å². The van der Waals surface area contributed by atoms with Crippen LogP contribution in [0.1, 0.15) is 37.7 Å². The lowest BCUT2D eigenvalue weighted by molar-refractivity contribution is 0.0124. The molecule has 0 bridgehead atoms. The highest BCUT2D eigenvalue weighted by Crippen LogP contribution is 2.32. The first kappa shape index (κ1) is 15.3. The molecule has 0 spiro atoms. The predicted molar refractivity (Wildman–Crippen MR) is 100 cm³/mol. The molecule has 0 saturated carbocycles. The summed E-state index contributed by atoms with van der Waals surface area (Å²) >= 11 is 0. The summed E-state index contributed by atoms with van der Waals surface area (Å²) in [5.74, 6) is 0.128. The molecule has 27 heavy (non-hydrogen) atoms. The van der Waals surface area contributed by atoms with E-state index in [-0.39, 0.29) is 34.6 Å². The van der Waals surface area contributed by atoms with E-state index in [9.17, 15) is 9.59 Å². The summed E-state index contributed by atoms with van der Waals surface area (Å²) in [5, 5.41) is 0.261. The number of piperidine rings is 1. The van der Waals surface area contributed by atoms with Crippen molar-refractivity contribution < 1.29 is 23.1 Å². The maximum Gasteiger partial charge on any atom is 0.410 e. The molecule has 1 aromatic carbocycles. The second-order valence-corrected chi connectivity index (χ2v) is 7.43. The quantitative estimate of drug-likeness (QED) is 0.883. The summed E-state index contributed by atoms with van der Waals surface area (Å²) in [6, 6.07) is 2.81. The van der Waals surface area contributed by atoms with E-state index < -0.39 is 12.6 Å². The van der Waals surface area contributed by atoms with E-state index in [1.54, 1.807) is 4.90 Å². The maximum absolute atomic E-state index is 12.2. The zero-order chi connectivity index (χ0) is 22.1. The molecule has 1 saturated heterocycles. The normalized spacial score (nSPS) is 17.7. The first-order chi connectivity index (χ1) is 13.9. The number of aromatic amines is 1. The van der Waals surface area contributed by atoms with E-state index in [1.165, 1.54) is 18.5 Å².